The van der Waals surface area contributed by atoms with E-state index in [9.17, 15) is 20.0 Å². The van der Waals surface area contributed by atoms with Gasteiger partial charge in [0, 0.05) is 6.54 Å². The smallest absolute Gasteiger partial charge is 0.387 e. The Bertz CT molecular complexity index is 906. The van der Waals surface area contributed by atoms with Gasteiger partial charge < -0.3 is 25.1 Å². The van der Waals surface area contributed by atoms with E-state index < -0.39 is 16.9 Å². The fraction of sp³-hybridized carbons (Fsp3) is 0.200. The van der Waals surface area contributed by atoms with Gasteiger partial charge in [0.2, 0.25) is 0 Å². The Morgan fingerprint density at radius 1 is 1.35 bits per heavy atom. The lowest BCUT2D eigenvalue weighted by molar-refractivity contribution is -0.389. The van der Waals surface area contributed by atoms with Crippen LogP contribution < -0.4 is 5.32 Å². The molecule has 26 heavy (non-hydrogen) atoms. The van der Waals surface area contributed by atoms with Gasteiger partial charge in [0.25, 0.3) is 0 Å². The number of hydrogen-bond acceptors (Lipinski definition) is 8. The van der Waals surface area contributed by atoms with Gasteiger partial charge in [-0.25, -0.2) is 0 Å². The first kappa shape index (κ1) is 17.2. The van der Waals surface area contributed by atoms with Crippen molar-refractivity contribution in [2.24, 2.45) is 0 Å². The highest BCUT2D eigenvalue weighted by Gasteiger charge is 2.18. The predicted molar refractivity (Wildman–Crippen MR) is 86.0 cm³/mol. The average molecular weight is 358 g/mol. The Balaban J connectivity index is 1.56. The van der Waals surface area contributed by atoms with E-state index in [1.165, 1.54) is 16.9 Å². The van der Waals surface area contributed by atoms with Gasteiger partial charge in [-0.1, -0.05) is 35.5 Å². The van der Waals surface area contributed by atoms with E-state index in [2.05, 4.69) is 20.6 Å². The monoisotopic (exact) mass is 358 g/mol. The van der Waals surface area contributed by atoms with E-state index in [4.69, 9.17) is 4.52 Å². The van der Waals surface area contributed by atoms with Crippen molar-refractivity contribution in [3.05, 3.63) is 70.0 Å². The van der Waals surface area contributed by atoms with Crippen molar-refractivity contribution >= 4 is 11.7 Å². The number of aliphatic hydroxyl groups is 1. The molecule has 0 spiro atoms. The third kappa shape index (κ3) is 4.08. The maximum atomic E-state index is 12.0. The second-order valence-electron chi connectivity index (χ2n) is 5.28. The molecule has 1 aromatic carbocycles. The van der Waals surface area contributed by atoms with Crippen LogP contribution in [0.1, 0.15) is 28.2 Å². The number of aromatic nitrogens is 4. The van der Waals surface area contributed by atoms with Crippen LogP contribution in [0.25, 0.3) is 0 Å². The van der Waals surface area contributed by atoms with Gasteiger partial charge in [-0.3, -0.25) is 4.79 Å². The number of rotatable bonds is 7. The van der Waals surface area contributed by atoms with Crippen molar-refractivity contribution in [3.63, 3.8) is 0 Å². The van der Waals surface area contributed by atoms with E-state index in [0.29, 0.717) is 5.56 Å². The van der Waals surface area contributed by atoms with Gasteiger partial charge in [-0.15, -0.1) is 0 Å². The summed E-state index contributed by atoms with van der Waals surface area (Å²) in [5, 5.41) is 30.5. The average Bonchev–Trinajstić information content (AvgIpc) is 3.30. The first-order valence-electron chi connectivity index (χ1n) is 7.54. The third-order valence-corrected chi connectivity index (χ3v) is 3.42. The van der Waals surface area contributed by atoms with Gasteiger partial charge >= 0.3 is 17.6 Å². The lowest BCUT2D eigenvalue weighted by atomic mass is 10.1. The van der Waals surface area contributed by atoms with E-state index in [1.807, 2.05) is 6.07 Å². The largest absolute Gasteiger partial charge is 0.389 e. The van der Waals surface area contributed by atoms with E-state index in [0.717, 1.165) is 0 Å². The summed E-state index contributed by atoms with van der Waals surface area (Å²) in [5.74, 6) is -1.08. The molecule has 2 N–H and O–H groups in total. The summed E-state index contributed by atoms with van der Waals surface area (Å²) in [6.45, 7) is -0.0107. The van der Waals surface area contributed by atoms with Crippen LogP contribution in [0.2, 0.25) is 0 Å². The Kier molecular flexibility index (Phi) is 4.99. The van der Waals surface area contributed by atoms with Crippen LogP contribution in [0.4, 0.5) is 5.82 Å². The van der Waals surface area contributed by atoms with Crippen LogP contribution in [0.15, 0.2) is 47.1 Å². The molecule has 0 aliphatic carbocycles. The van der Waals surface area contributed by atoms with E-state index >= 15 is 0 Å². The lowest BCUT2D eigenvalue weighted by Crippen LogP contribution is -2.28. The number of nitrogens with zero attached hydrogens (tertiary/aromatic N) is 5. The second-order valence-corrected chi connectivity index (χ2v) is 5.28. The molecule has 11 heteroatoms. The zero-order valence-corrected chi connectivity index (χ0v) is 13.3. The molecule has 0 aliphatic heterocycles. The Labute approximate surface area is 146 Å². The molecule has 3 rings (SSSR count). The summed E-state index contributed by atoms with van der Waals surface area (Å²) in [7, 11) is 0. The number of hydrogen-bond donors (Lipinski definition) is 2. The number of carbonyl (C=O) groups is 1. The molecule has 2 aromatic heterocycles. The number of nitro groups is 1. The van der Waals surface area contributed by atoms with Crippen LogP contribution in [0.5, 0.6) is 0 Å². The molecule has 0 fully saturated rings. The Hall–Kier alpha value is -3.60. The molecule has 0 bridgehead atoms. The molecule has 11 nitrogen and oxygen atoms in total. The highest BCUT2D eigenvalue weighted by Crippen LogP contribution is 2.11. The molecule has 2 heterocycles. The van der Waals surface area contributed by atoms with Crippen LogP contribution in [0, 0.1) is 10.1 Å². The molecule has 1 atom stereocenters. The fourth-order valence-electron chi connectivity index (χ4n) is 2.15. The summed E-state index contributed by atoms with van der Waals surface area (Å²) in [6.07, 6.45) is 0.525. The molecule has 134 valence electrons. The van der Waals surface area contributed by atoms with Crippen molar-refractivity contribution in [2.75, 3.05) is 6.54 Å². The molecule has 3 aromatic rings. The fourth-order valence-corrected chi connectivity index (χ4v) is 2.15. The summed E-state index contributed by atoms with van der Waals surface area (Å²) < 4.78 is 6.11. The summed E-state index contributed by atoms with van der Waals surface area (Å²) in [5.41, 5.74) is 0.666. The summed E-state index contributed by atoms with van der Waals surface area (Å²) in [6, 6.07) is 10.1. The molecule has 0 saturated carbocycles. The molecule has 0 saturated heterocycles. The number of benzene rings is 1. The standard InChI is InChI=1S/C15H14N6O5/c22-11(10-4-2-1-3-5-10)8-16-14(23)15-17-12(19-26-15)9-20-7-6-13(18-20)21(24)25/h1-7,11,22H,8-9H2,(H,16,23)/t11-/m1/s1. The molecule has 0 radical (unpaired) electrons. The van der Waals surface area contributed by atoms with E-state index in [1.54, 1.807) is 24.3 Å². The first-order valence-corrected chi connectivity index (χ1v) is 7.54. The predicted octanol–water partition coefficient (Wildman–Crippen LogP) is 0.686. The van der Waals surface area contributed by atoms with Crippen LogP contribution in [0.3, 0.4) is 0 Å². The minimum atomic E-state index is -0.868. The summed E-state index contributed by atoms with van der Waals surface area (Å²) in [4.78, 5) is 25.9. The van der Waals surface area contributed by atoms with Crippen molar-refractivity contribution in [1.29, 1.82) is 0 Å². The van der Waals surface area contributed by atoms with Crippen molar-refractivity contribution in [2.45, 2.75) is 12.6 Å². The highest BCUT2D eigenvalue weighted by atomic mass is 16.6. The van der Waals surface area contributed by atoms with Crippen LogP contribution >= 0.6 is 0 Å². The van der Waals surface area contributed by atoms with Gasteiger partial charge in [-0.05, 0) is 10.5 Å². The maximum Gasteiger partial charge on any atom is 0.389 e. The van der Waals surface area contributed by atoms with Crippen molar-refractivity contribution < 1.29 is 19.3 Å². The van der Waals surface area contributed by atoms with Crippen molar-refractivity contribution in [1.82, 2.24) is 25.2 Å². The molecular formula is C15H14N6O5. The van der Waals surface area contributed by atoms with Crippen molar-refractivity contribution in [3.8, 4) is 0 Å². The number of nitrogens with one attached hydrogen (secondary N) is 1. The van der Waals surface area contributed by atoms with Gasteiger partial charge in [-0.2, -0.15) is 9.67 Å². The normalized spacial score (nSPS) is 11.9. The second kappa shape index (κ2) is 7.53. The quantitative estimate of drug-likeness (QED) is 0.462. The topological polar surface area (TPSA) is 149 Å². The minimum Gasteiger partial charge on any atom is -0.387 e. The number of amides is 1. The number of aliphatic hydroxyl groups excluding tert-OH is 1. The van der Waals surface area contributed by atoms with Gasteiger partial charge in [0.15, 0.2) is 5.82 Å². The maximum absolute atomic E-state index is 12.0. The lowest BCUT2D eigenvalue weighted by Gasteiger charge is -2.10. The van der Waals surface area contributed by atoms with E-state index in [-0.39, 0.29) is 30.6 Å². The van der Waals surface area contributed by atoms with Crippen LogP contribution in [-0.4, -0.2) is 42.4 Å². The summed E-state index contributed by atoms with van der Waals surface area (Å²) >= 11 is 0. The van der Waals surface area contributed by atoms with Gasteiger partial charge in [0.05, 0.1) is 23.5 Å². The zero-order chi connectivity index (χ0) is 18.5. The zero-order valence-electron chi connectivity index (χ0n) is 13.3. The minimum absolute atomic E-state index is 0.0112. The Morgan fingerprint density at radius 3 is 2.81 bits per heavy atom. The molecular weight excluding hydrogens is 344 g/mol. The highest BCUT2D eigenvalue weighted by molar-refractivity contribution is 5.89. The SMILES string of the molecule is O=C(NC[C@@H](O)c1ccccc1)c1nc(Cn2ccc([N+](=O)[O-])n2)no1. The first-order chi connectivity index (χ1) is 12.5. The van der Waals surface area contributed by atoms with Crippen LogP contribution in [-0.2, 0) is 6.54 Å². The Morgan fingerprint density at radius 2 is 2.12 bits per heavy atom. The molecule has 0 aliphatic rings. The molecule has 0 unspecified atom stereocenters. The number of carbonyl (C=O) groups excluding carboxylic acids is 1. The molecule has 1 amide bonds. The third-order valence-electron chi connectivity index (χ3n) is 3.42. The van der Waals surface area contributed by atoms with Gasteiger partial charge in [0.1, 0.15) is 6.54 Å².